The molecule has 1 rings (SSSR count). The number of aliphatic hydroxyl groups excluding tert-OH is 1. The molecule has 1 N–H and O–H groups in total. The van der Waals surface area contributed by atoms with Gasteiger partial charge in [0.05, 0.1) is 0 Å². The second-order valence-electron chi connectivity index (χ2n) is 2.78. The topological polar surface area (TPSA) is 46.0 Å². The van der Waals surface area contributed by atoms with Gasteiger partial charge in [0.15, 0.2) is 0 Å². The molecule has 0 bridgehead atoms. The number of aliphatic hydroxyl groups is 1. The fourth-order valence-corrected chi connectivity index (χ4v) is 1.92. The summed E-state index contributed by atoms with van der Waals surface area (Å²) in [5, 5.41) is 8.44. The van der Waals surface area contributed by atoms with Crippen LogP contribution in [0.2, 0.25) is 5.15 Å². The Morgan fingerprint density at radius 3 is 2.62 bits per heavy atom. The zero-order valence-corrected chi connectivity index (χ0v) is 9.53. The summed E-state index contributed by atoms with van der Waals surface area (Å²) in [4.78, 5) is 6.44. The summed E-state index contributed by atoms with van der Waals surface area (Å²) in [6.07, 6.45) is -4.12. The molecular formula is C8H8ClF3N2OS. The Balaban J connectivity index is 2.82. The van der Waals surface area contributed by atoms with Gasteiger partial charge in [0, 0.05) is 18.4 Å². The second-order valence-corrected chi connectivity index (χ2v) is 4.28. The third kappa shape index (κ3) is 4.15. The Morgan fingerprint density at radius 2 is 2.06 bits per heavy atom. The van der Waals surface area contributed by atoms with E-state index in [1.807, 2.05) is 0 Å². The van der Waals surface area contributed by atoms with Crippen molar-refractivity contribution in [2.45, 2.75) is 17.6 Å². The van der Waals surface area contributed by atoms with Gasteiger partial charge in [-0.2, -0.15) is 13.2 Å². The summed E-state index contributed by atoms with van der Waals surface area (Å²) in [5.74, 6) is -0.771. The van der Waals surface area contributed by atoms with E-state index < -0.39 is 12.0 Å². The number of aromatic nitrogens is 2. The number of hydrogen-bond acceptors (Lipinski definition) is 4. The standard InChI is InChI=1S/C8H8ClF3N2OS/c9-5-4-6(16-3-1-2-15)14-7(13-5)8(10,11)12/h4,15H,1-3H2. The maximum atomic E-state index is 12.3. The van der Waals surface area contributed by atoms with Crippen molar-refractivity contribution < 1.29 is 18.3 Å². The Kier molecular flexibility index (Phi) is 4.82. The van der Waals surface area contributed by atoms with E-state index in [-0.39, 0.29) is 16.8 Å². The van der Waals surface area contributed by atoms with E-state index in [1.54, 1.807) is 0 Å². The average Bonchev–Trinajstić information content (AvgIpc) is 2.16. The molecule has 0 atom stereocenters. The molecule has 0 saturated heterocycles. The van der Waals surface area contributed by atoms with Crippen LogP contribution in [-0.4, -0.2) is 27.4 Å². The van der Waals surface area contributed by atoms with Gasteiger partial charge in [-0.1, -0.05) is 11.6 Å². The molecule has 0 saturated carbocycles. The number of nitrogens with zero attached hydrogens (tertiary/aromatic N) is 2. The molecule has 0 aliphatic rings. The SMILES string of the molecule is OCCCSc1cc(Cl)nc(C(F)(F)F)n1. The van der Waals surface area contributed by atoms with Crippen LogP contribution in [0.4, 0.5) is 13.2 Å². The number of rotatable bonds is 4. The molecule has 0 amide bonds. The largest absolute Gasteiger partial charge is 0.451 e. The molecular weight excluding hydrogens is 265 g/mol. The quantitative estimate of drug-likeness (QED) is 0.520. The number of halogens is 4. The van der Waals surface area contributed by atoms with Crippen LogP contribution in [-0.2, 0) is 6.18 Å². The van der Waals surface area contributed by atoms with Crippen molar-refractivity contribution in [3.8, 4) is 0 Å². The van der Waals surface area contributed by atoms with Crippen molar-refractivity contribution in [1.82, 2.24) is 9.97 Å². The van der Waals surface area contributed by atoms with Crippen LogP contribution in [0.5, 0.6) is 0 Å². The molecule has 0 aliphatic carbocycles. The third-order valence-corrected chi connectivity index (χ3v) is 2.67. The second kappa shape index (κ2) is 5.70. The lowest BCUT2D eigenvalue weighted by Gasteiger charge is -2.07. The summed E-state index contributed by atoms with van der Waals surface area (Å²) in [5.41, 5.74) is 0. The van der Waals surface area contributed by atoms with Gasteiger partial charge >= 0.3 is 6.18 Å². The van der Waals surface area contributed by atoms with Crippen molar-refractivity contribution in [3.05, 3.63) is 17.0 Å². The van der Waals surface area contributed by atoms with E-state index in [0.717, 1.165) is 11.8 Å². The van der Waals surface area contributed by atoms with Crippen molar-refractivity contribution in [3.63, 3.8) is 0 Å². The highest BCUT2D eigenvalue weighted by Crippen LogP contribution is 2.29. The predicted molar refractivity (Wildman–Crippen MR) is 54.5 cm³/mol. The van der Waals surface area contributed by atoms with E-state index in [1.165, 1.54) is 6.07 Å². The van der Waals surface area contributed by atoms with Crippen LogP contribution >= 0.6 is 23.4 Å². The van der Waals surface area contributed by atoms with Crippen molar-refractivity contribution in [2.24, 2.45) is 0 Å². The maximum absolute atomic E-state index is 12.3. The summed E-state index contributed by atoms with van der Waals surface area (Å²) in [7, 11) is 0. The monoisotopic (exact) mass is 272 g/mol. The first kappa shape index (κ1) is 13.5. The van der Waals surface area contributed by atoms with Crippen LogP contribution in [0.25, 0.3) is 0 Å². The molecule has 1 aromatic rings. The molecule has 0 aliphatic heterocycles. The van der Waals surface area contributed by atoms with Crippen molar-refractivity contribution in [2.75, 3.05) is 12.4 Å². The minimum Gasteiger partial charge on any atom is -0.396 e. The summed E-state index contributed by atoms with van der Waals surface area (Å²) < 4.78 is 36.9. The van der Waals surface area contributed by atoms with Gasteiger partial charge in [-0.3, -0.25) is 0 Å². The van der Waals surface area contributed by atoms with Gasteiger partial charge in [0.2, 0.25) is 5.82 Å². The number of alkyl halides is 3. The summed E-state index contributed by atoms with van der Waals surface area (Å²) in [6, 6.07) is 1.26. The average molecular weight is 273 g/mol. The number of hydrogen-bond donors (Lipinski definition) is 1. The van der Waals surface area contributed by atoms with Gasteiger partial charge in [-0.25, -0.2) is 9.97 Å². The lowest BCUT2D eigenvalue weighted by molar-refractivity contribution is -0.145. The van der Waals surface area contributed by atoms with Crippen LogP contribution < -0.4 is 0 Å². The Bertz CT molecular complexity index is 362. The minimum absolute atomic E-state index is 0.0159. The van der Waals surface area contributed by atoms with Crippen LogP contribution in [0, 0.1) is 0 Å². The number of thioether (sulfide) groups is 1. The first-order valence-corrected chi connectivity index (χ1v) is 5.65. The molecule has 0 fully saturated rings. The Labute approximate surface area is 99.0 Å². The minimum atomic E-state index is -4.60. The molecule has 0 aromatic carbocycles. The van der Waals surface area contributed by atoms with Crippen molar-refractivity contribution >= 4 is 23.4 Å². The van der Waals surface area contributed by atoms with E-state index >= 15 is 0 Å². The molecule has 0 unspecified atom stereocenters. The van der Waals surface area contributed by atoms with Crippen LogP contribution in [0.1, 0.15) is 12.2 Å². The highest BCUT2D eigenvalue weighted by Gasteiger charge is 2.35. The molecule has 0 spiro atoms. The third-order valence-electron chi connectivity index (χ3n) is 1.48. The first-order chi connectivity index (χ1) is 7.43. The summed E-state index contributed by atoms with van der Waals surface area (Å²) >= 11 is 6.55. The van der Waals surface area contributed by atoms with Crippen LogP contribution in [0.15, 0.2) is 11.1 Å². The summed E-state index contributed by atoms with van der Waals surface area (Å²) in [6.45, 7) is -0.0159. The molecule has 16 heavy (non-hydrogen) atoms. The van der Waals surface area contributed by atoms with E-state index in [2.05, 4.69) is 9.97 Å². The van der Waals surface area contributed by atoms with Crippen LogP contribution in [0.3, 0.4) is 0 Å². The molecule has 0 radical (unpaired) electrons. The molecule has 90 valence electrons. The fourth-order valence-electron chi connectivity index (χ4n) is 0.839. The van der Waals surface area contributed by atoms with E-state index in [9.17, 15) is 13.2 Å². The Morgan fingerprint density at radius 1 is 1.38 bits per heavy atom. The zero-order valence-electron chi connectivity index (χ0n) is 7.96. The smallest absolute Gasteiger partial charge is 0.396 e. The highest BCUT2D eigenvalue weighted by molar-refractivity contribution is 7.99. The van der Waals surface area contributed by atoms with Gasteiger partial charge in [-0.05, 0) is 6.42 Å². The van der Waals surface area contributed by atoms with Crippen molar-refractivity contribution in [1.29, 1.82) is 0 Å². The van der Waals surface area contributed by atoms with Gasteiger partial charge in [0.25, 0.3) is 0 Å². The Hall–Kier alpha value is -0.530. The zero-order chi connectivity index (χ0) is 12.2. The lowest BCUT2D eigenvalue weighted by atomic mass is 10.5. The van der Waals surface area contributed by atoms with Gasteiger partial charge in [0.1, 0.15) is 10.2 Å². The fraction of sp³-hybridized carbons (Fsp3) is 0.500. The highest BCUT2D eigenvalue weighted by atomic mass is 35.5. The van der Waals surface area contributed by atoms with Gasteiger partial charge < -0.3 is 5.11 Å². The molecule has 1 aromatic heterocycles. The van der Waals surface area contributed by atoms with Gasteiger partial charge in [-0.15, -0.1) is 11.8 Å². The maximum Gasteiger partial charge on any atom is 0.451 e. The van der Waals surface area contributed by atoms with E-state index in [4.69, 9.17) is 16.7 Å². The molecule has 8 heteroatoms. The normalized spacial score (nSPS) is 11.8. The first-order valence-electron chi connectivity index (χ1n) is 4.29. The lowest BCUT2D eigenvalue weighted by Crippen LogP contribution is -2.11. The molecule has 1 heterocycles. The van der Waals surface area contributed by atoms with E-state index in [0.29, 0.717) is 12.2 Å². The predicted octanol–water partition coefficient (Wildman–Crippen LogP) is 2.62. The molecule has 3 nitrogen and oxygen atoms in total.